The van der Waals surface area contributed by atoms with Gasteiger partial charge in [0.1, 0.15) is 0 Å². The van der Waals surface area contributed by atoms with E-state index in [0.717, 1.165) is 12.1 Å². The van der Waals surface area contributed by atoms with Crippen LogP contribution >= 0.6 is 11.8 Å². The second kappa shape index (κ2) is 5.04. The molecule has 0 heterocycles. The van der Waals surface area contributed by atoms with Crippen LogP contribution in [0.15, 0.2) is 24.3 Å². The van der Waals surface area contributed by atoms with Crippen LogP contribution in [0.5, 0.6) is 0 Å². The lowest BCUT2D eigenvalue weighted by Crippen LogP contribution is -1.86. The Morgan fingerprint density at radius 3 is 2.92 bits per heavy atom. The van der Waals surface area contributed by atoms with Gasteiger partial charge in [0, 0.05) is 17.5 Å². The summed E-state index contributed by atoms with van der Waals surface area (Å²) in [6.45, 7) is 2.20. The number of anilines is 1. The van der Waals surface area contributed by atoms with Gasteiger partial charge in [0.05, 0.1) is 0 Å². The largest absolute Gasteiger partial charge is 0.299 e. The summed E-state index contributed by atoms with van der Waals surface area (Å²) < 4.78 is 0. The first-order chi connectivity index (χ1) is 5.86. The van der Waals surface area contributed by atoms with Crippen LogP contribution in [0.4, 0.5) is 5.69 Å². The van der Waals surface area contributed by atoms with Gasteiger partial charge in [0.25, 0.3) is 0 Å². The summed E-state index contributed by atoms with van der Waals surface area (Å²) in [6.07, 6.45) is 3.62. The van der Waals surface area contributed by atoms with Gasteiger partial charge in [-0.25, -0.2) is 0 Å². The zero-order chi connectivity index (χ0) is 8.81. The third-order valence-corrected chi connectivity index (χ3v) is 2.07. The Morgan fingerprint density at radius 2 is 2.25 bits per heavy atom. The van der Waals surface area contributed by atoms with E-state index in [2.05, 4.69) is 23.9 Å². The SMILES string of the molecule is CCCCc1cccc(NCl)c1. The van der Waals surface area contributed by atoms with Crippen LogP contribution in [-0.2, 0) is 6.42 Å². The van der Waals surface area contributed by atoms with E-state index in [1.54, 1.807) is 0 Å². The van der Waals surface area contributed by atoms with E-state index in [1.165, 1.54) is 18.4 Å². The first-order valence-corrected chi connectivity index (χ1v) is 4.70. The first-order valence-electron chi connectivity index (χ1n) is 4.32. The average molecular weight is 184 g/mol. The molecule has 0 aliphatic carbocycles. The van der Waals surface area contributed by atoms with Crippen molar-refractivity contribution in [3.05, 3.63) is 29.8 Å². The van der Waals surface area contributed by atoms with E-state index in [1.807, 2.05) is 12.1 Å². The fraction of sp³-hybridized carbons (Fsp3) is 0.400. The summed E-state index contributed by atoms with van der Waals surface area (Å²) >= 11 is 5.48. The number of nitrogens with one attached hydrogen (secondary N) is 1. The number of aryl methyl sites for hydroxylation is 1. The van der Waals surface area contributed by atoms with Gasteiger partial charge in [-0.15, -0.1) is 0 Å². The van der Waals surface area contributed by atoms with Crippen molar-refractivity contribution in [1.29, 1.82) is 0 Å². The number of benzene rings is 1. The maximum atomic E-state index is 5.48. The molecule has 0 fully saturated rings. The minimum absolute atomic E-state index is 0.977. The predicted octanol–water partition coefficient (Wildman–Crippen LogP) is 3.59. The normalized spacial score (nSPS) is 9.83. The molecule has 0 spiro atoms. The molecule has 12 heavy (non-hydrogen) atoms. The highest BCUT2D eigenvalue weighted by Crippen LogP contribution is 2.13. The van der Waals surface area contributed by atoms with E-state index < -0.39 is 0 Å². The molecular weight excluding hydrogens is 170 g/mol. The van der Waals surface area contributed by atoms with Crippen LogP contribution in [0.1, 0.15) is 25.3 Å². The third kappa shape index (κ3) is 2.74. The van der Waals surface area contributed by atoms with Crippen LogP contribution in [0, 0.1) is 0 Å². The number of hydrogen-bond acceptors (Lipinski definition) is 1. The summed E-state index contributed by atoms with van der Waals surface area (Å²) in [4.78, 5) is 2.62. The van der Waals surface area contributed by atoms with E-state index in [-0.39, 0.29) is 0 Å². The van der Waals surface area contributed by atoms with Gasteiger partial charge in [-0.1, -0.05) is 25.5 Å². The Bertz CT molecular complexity index is 235. The van der Waals surface area contributed by atoms with Gasteiger partial charge in [-0.2, -0.15) is 0 Å². The molecule has 1 rings (SSSR count). The number of unbranched alkanes of at least 4 members (excludes halogenated alkanes) is 1. The van der Waals surface area contributed by atoms with Crippen LogP contribution in [-0.4, -0.2) is 0 Å². The number of rotatable bonds is 4. The van der Waals surface area contributed by atoms with E-state index in [0.29, 0.717) is 0 Å². The van der Waals surface area contributed by atoms with E-state index in [4.69, 9.17) is 11.8 Å². The molecule has 1 nitrogen and oxygen atoms in total. The average Bonchev–Trinajstić information content (AvgIpc) is 2.15. The van der Waals surface area contributed by atoms with E-state index in [9.17, 15) is 0 Å². The summed E-state index contributed by atoms with van der Waals surface area (Å²) in [6, 6.07) is 8.20. The lowest BCUT2D eigenvalue weighted by molar-refractivity contribution is 0.795. The Hall–Kier alpha value is -0.690. The van der Waals surface area contributed by atoms with Gasteiger partial charge in [-0.05, 0) is 30.5 Å². The summed E-state index contributed by atoms with van der Waals surface area (Å²) in [5, 5.41) is 0. The molecule has 0 aliphatic rings. The monoisotopic (exact) mass is 183 g/mol. The minimum atomic E-state index is 0.977. The zero-order valence-corrected chi connectivity index (χ0v) is 8.06. The van der Waals surface area contributed by atoms with Gasteiger partial charge in [0.15, 0.2) is 0 Å². The van der Waals surface area contributed by atoms with Crippen molar-refractivity contribution in [3.63, 3.8) is 0 Å². The summed E-state index contributed by atoms with van der Waals surface area (Å²) in [5.74, 6) is 0. The lowest BCUT2D eigenvalue weighted by atomic mass is 10.1. The molecule has 2 heteroatoms. The minimum Gasteiger partial charge on any atom is -0.299 e. The maximum Gasteiger partial charge on any atom is 0.0494 e. The quantitative estimate of drug-likeness (QED) is 0.704. The highest BCUT2D eigenvalue weighted by atomic mass is 35.5. The molecular formula is C10H14ClN. The Morgan fingerprint density at radius 1 is 1.42 bits per heavy atom. The van der Waals surface area contributed by atoms with Crippen molar-refractivity contribution in [2.24, 2.45) is 0 Å². The second-order valence-corrected chi connectivity index (χ2v) is 3.09. The highest BCUT2D eigenvalue weighted by Gasteiger charge is 1.93. The number of hydrogen-bond donors (Lipinski definition) is 1. The van der Waals surface area contributed by atoms with Crippen molar-refractivity contribution < 1.29 is 0 Å². The Kier molecular flexibility index (Phi) is 3.95. The standard InChI is InChI=1S/C10H14ClN/c1-2-3-5-9-6-4-7-10(8-9)12-11/h4,6-8,12H,2-3,5H2,1H3. The van der Waals surface area contributed by atoms with Crippen LogP contribution < -0.4 is 4.84 Å². The Balaban J connectivity index is 2.60. The van der Waals surface area contributed by atoms with Gasteiger partial charge >= 0.3 is 0 Å². The summed E-state index contributed by atoms with van der Waals surface area (Å²) in [7, 11) is 0. The molecule has 0 aromatic heterocycles. The van der Waals surface area contributed by atoms with Gasteiger partial charge in [-0.3, -0.25) is 4.84 Å². The molecule has 66 valence electrons. The van der Waals surface area contributed by atoms with Gasteiger partial charge in [0.2, 0.25) is 0 Å². The van der Waals surface area contributed by atoms with Crippen LogP contribution in [0.2, 0.25) is 0 Å². The second-order valence-electron chi connectivity index (χ2n) is 2.90. The third-order valence-electron chi connectivity index (χ3n) is 1.86. The highest BCUT2D eigenvalue weighted by molar-refractivity contribution is 6.23. The smallest absolute Gasteiger partial charge is 0.0494 e. The molecule has 1 aromatic carbocycles. The number of halogens is 1. The van der Waals surface area contributed by atoms with Gasteiger partial charge < -0.3 is 0 Å². The zero-order valence-electron chi connectivity index (χ0n) is 7.31. The predicted molar refractivity (Wildman–Crippen MR) is 54.5 cm³/mol. The van der Waals surface area contributed by atoms with Crippen molar-refractivity contribution in [2.45, 2.75) is 26.2 Å². The molecule has 0 atom stereocenters. The molecule has 0 amide bonds. The molecule has 0 aliphatic heterocycles. The van der Waals surface area contributed by atoms with Crippen molar-refractivity contribution in [2.75, 3.05) is 4.84 Å². The van der Waals surface area contributed by atoms with Crippen molar-refractivity contribution in [1.82, 2.24) is 0 Å². The molecule has 0 unspecified atom stereocenters. The fourth-order valence-electron chi connectivity index (χ4n) is 1.17. The van der Waals surface area contributed by atoms with Crippen LogP contribution in [0.3, 0.4) is 0 Å². The summed E-state index contributed by atoms with van der Waals surface area (Å²) in [5.41, 5.74) is 2.33. The lowest BCUT2D eigenvalue weighted by Gasteiger charge is -2.02. The Labute approximate surface area is 78.9 Å². The van der Waals surface area contributed by atoms with Crippen LogP contribution in [0.25, 0.3) is 0 Å². The molecule has 0 bridgehead atoms. The topological polar surface area (TPSA) is 12.0 Å². The first kappa shape index (κ1) is 9.40. The molecule has 0 saturated carbocycles. The maximum absolute atomic E-state index is 5.48. The molecule has 0 saturated heterocycles. The fourth-order valence-corrected chi connectivity index (χ4v) is 1.28. The molecule has 1 N–H and O–H groups in total. The van der Waals surface area contributed by atoms with Crippen molar-refractivity contribution >= 4 is 17.5 Å². The van der Waals surface area contributed by atoms with Crippen molar-refractivity contribution in [3.8, 4) is 0 Å². The molecule has 1 aromatic rings. The molecule has 0 radical (unpaired) electrons. The van der Waals surface area contributed by atoms with E-state index >= 15 is 0 Å².